The van der Waals surface area contributed by atoms with Crippen LogP contribution >= 0.6 is 12.2 Å². The predicted octanol–water partition coefficient (Wildman–Crippen LogP) is 1.56. The molecule has 1 fully saturated rings. The first kappa shape index (κ1) is 13.1. The molecule has 5 heteroatoms. The van der Waals surface area contributed by atoms with Gasteiger partial charge in [-0.2, -0.15) is 0 Å². The van der Waals surface area contributed by atoms with Crippen molar-refractivity contribution in [3.63, 3.8) is 0 Å². The third-order valence-corrected chi connectivity index (χ3v) is 3.25. The molecule has 1 aromatic carbocycles. The Hall–Kier alpha value is -1.33. The third-order valence-electron chi connectivity index (χ3n) is 3.03. The maximum atomic E-state index is 5.78. The van der Waals surface area contributed by atoms with E-state index >= 15 is 0 Å². The topological polar surface area (TPSA) is 47.7 Å². The minimum absolute atomic E-state index is 0.415. The quantitative estimate of drug-likeness (QED) is 0.841. The highest BCUT2D eigenvalue weighted by Gasteiger charge is 2.16. The second-order valence-corrected chi connectivity index (χ2v) is 4.64. The Labute approximate surface area is 113 Å². The zero-order valence-electron chi connectivity index (χ0n) is 10.5. The standard InChI is InChI=1S/C13H18N2O2S/c1-16-10-3-4-11(13(14)18)12(9-10)15-5-2-7-17-8-6-15/h3-4,9H,2,5-8H2,1H3,(H2,14,18). The number of ether oxygens (including phenoxy) is 2. The van der Waals surface area contributed by atoms with E-state index < -0.39 is 0 Å². The maximum absolute atomic E-state index is 5.78. The molecular formula is C13H18N2O2S. The molecule has 98 valence electrons. The van der Waals surface area contributed by atoms with Crippen LogP contribution in [0.15, 0.2) is 18.2 Å². The number of anilines is 1. The molecule has 0 aromatic heterocycles. The number of methoxy groups -OCH3 is 1. The molecule has 2 N–H and O–H groups in total. The summed E-state index contributed by atoms with van der Waals surface area (Å²) in [6.07, 6.45) is 1.01. The summed E-state index contributed by atoms with van der Waals surface area (Å²) in [7, 11) is 1.66. The largest absolute Gasteiger partial charge is 0.497 e. The highest BCUT2D eigenvalue weighted by molar-refractivity contribution is 7.80. The van der Waals surface area contributed by atoms with E-state index in [0.29, 0.717) is 4.99 Å². The Morgan fingerprint density at radius 3 is 2.94 bits per heavy atom. The SMILES string of the molecule is COc1ccc(C(N)=S)c(N2CCCOCC2)c1. The second-order valence-electron chi connectivity index (χ2n) is 4.20. The van der Waals surface area contributed by atoms with Crippen LogP contribution in [0.4, 0.5) is 5.69 Å². The Balaban J connectivity index is 2.35. The lowest BCUT2D eigenvalue weighted by atomic mass is 10.1. The molecule has 0 saturated carbocycles. The fourth-order valence-electron chi connectivity index (χ4n) is 2.10. The number of nitrogens with two attached hydrogens (primary N) is 1. The first-order valence-corrected chi connectivity index (χ1v) is 6.43. The summed E-state index contributed by atoms with van der Waals surface area (Å²) in [4.78, 5) is 2.67. The van der Waals surface area contributed by atoms with Crippen LogP contribution in [0.2, 0.25) is 0 Å². The lowest BCUT2D eigenvalue weighted by molar-refractivity contribution is 0.152. The average Bonchev–Trinajstić information content (AvgIpc) is 2.66. The van der Waals surface area contributed by atoms with Crippen molar-refractivity contribution in [1.82, 2.24) is 0 Å². The van der Waals surface area contributed by atoms with Gasteiger partial charge in [0.2, 0.25) is 0 Å². The van der Waals surface area contributed by atoms with Gasteiger partial charge < -0.3 is 20.1 Å². The molecule has 0 radical (unpaired) electrons. The highest BCUT2D eigenvalue weighted by Crippen LogP contribution is 2.27. The van der Waals surface area contributed by atoms with Gasteiger partial charge in [0.1, 0.15) is 10.7 Å². The Bertz CT molecular complexity index is 429. The molecule has 0 unspecified atom stereocenters. The third kappa shape index (κ3) is 2.91. The lowest BCUT2D eigenvalue weighted by Gasteiger charge is -2.25. The first-order valence-electron chi connectivity index (χ1n) is 6.03. The minimum atomic E-state index is 0.415. The van der Waals surface area contributed by atoms with Crippen molar-refractivity contribution in [2.45, 2.75) is 6.42 Å². The van der Waals surface area contributed by atoms with Crippen molar-refractivity contribution in [2.24, 2.45) is 5.73 Å². The molecule has 0 atom stereocenters. The van der Waals surface area contributed by atoms with Crippen molar-refractivity contribution in [2.75, 3.05) is 38.3 Å². The monoisotopic (exact) mass is 266 g/mol. The van der Waals surface area contributed by atoms with Crippen LogP contribution in [0, 0.1) is 0 Å². The van der Waals surface area contributed by atoms with E-state index in [9.17, 15) is 0 Å². The normalized spacial score (nSPS) is 16.2. The molecule has 1 aliphatic rings. The van der Waals surface area contributed by atoms with Crippen LogP contribution in [-0.4, -0.2) is 38.4 Å². The van der Waals surface area contributed by atoms with Gasteiger partial charge >= 0.3 is 0 Å². The van der Waals surface area contributed by atoms with Gasteiger partial charge in [-0.15, -0.1) is 0 Å². The smallest absolute Gasteiger partial charge is 0.120 e. The number of hydrogen-bond donors (Lipinski definition) is 1. The first-order chi connectivity index (χ1) is 8.72. The molecule has 1 aromatic rings. The Morgan fingerprint density at radius 2 is 2.22 bits per heavy atom. The molecule has 1 saturated heterocycles. The average molecular weight is 266 g/mol. The van der Waals surface area contributed by atoms with Gasteiger partial charge in [0.15, 0.2) is 0 Å². The molecule has 2 rings (SSSR count). The summed E-state index contributed by atoms with van der Waals surface area (Å²) in [5.74, 6) is 0.815. The summed E-state index contributed by atoms with van der Waals surface area (Å²) in [5.41, 5.74) is 7.72. The van der Waals surface area contributed by atoms with Gasteiger partial charge in [0.05, 0.1) is 19.4 Å². The molecule has 0 spiro atoms. The number of hydrogen-bond acceptors (Lipinski definition) is 4. The maximum Gasteiger partial charge on any atom is 0.120 e. The van der Waals surface area contributed by atoms with Crippen molar-refractivity contribution in [3.05, 3.63) is 23.8 Å². The fourth-order valence-corrected chi connectivity index (χ4v) is 2.27. The van der Waals surface area contributed by atoms with Gasteiger partial charge in [0.25, 0.3) is 0 Å². The van der Waals surface area contributed by atoms with E-state index in [4.69, 9.17) is 27.4 Å². The van der Waals surface area contributed by atoms with Crippen LogP contribution in [0.3, 0.4) is 0 Å². The van der Waals surface area contributed by atoms with E-state index in [2.05, 4.69) is 4.90 Å². The lowest BCUT2D eigenvalue weighted by Crippen LogP contribution is -2.28. The number of nitrogens with zero attached hydrogens (tertiary/aromatic N) is 1. The number of benzene rings is 1. The van der Waals surface area contributed by atoms with Crippen LogP contribution in [0.1, 0.15) is 12.0 Å². The summed E-state index contributed by atoms with van der Waals surface area (Å²) < 4.78 is 10.7. The van der Waals surface area contributed by atoms with E-state index in [0.717, 1.165) is 49.7 Å². The van der Waals surface area contributed by atoms with E-state index in [-0.39, 0.29) is 0 Å². The molecule has 0 aliphatic carbocycles. The Morgan fingerprint density at radius 1 is 1.39 bits per heavy atom. The number of rotatable bonds is 3. The molecule has 1 aliphatic heterocycles. The van der Waals surface area contributed by atoms with Gasteiger partial charge in [0, 0.05) is 31.3 Å². The van der Waals surface area contributed by atoms with Gasteiger partial charge in [-0.05, 0) is 18.6 Å². The van der Waals surface area contributed by atoms with Gasteiger partial charge in [-0.25, -0.2) is 0 Å². The van der Waals surface area contributed by atoms with Gasteiger partial charge in [-0.1, -0.05) is 12.2 Å². The zero-order chi connectivity index (χ0) is 13.0. The van der Waals surface area contributed by atoms with E-state index in [1.54, 1.807) is 7.11 Å². The molecule has 1 heterocycles. The molecule has 18 heavy (non-hydrogen) atoms. The van der Waals surface area contributed by atoms with Crippen molar-refractivity contribution in [1.29, 1.82) is 0 Å². The van der Waals surface area contributed by atoms with Gasteiger partial charge in [-0.3, -0.25) is 0 Å². The van der Waals surface area contributed by atoms with Crippen LogP contribution in [0.5, 0.6) is 5.75 Å². The summed E-state index contributed by atoms with van der Waals surface area (Å²) in [6, 6.07) is 5.79. The molecule has 4 nitrogen and oxygen atoms in total. The zero-order valence-corrected chi connectivity index (χ0v) is 11.3. The molecule has 0 amide bonds. The molecular weight excluding hydrogens is 248 g/mol. The van der Waals surface area contributed by atoms with Crippen molar-refractivity contribution in [3.8, 4) is 5.75 Å². The van der Waals surface area contributed by atoms with E-state index in [1.807, 2.05) is 18.2 Å². The van der Waals surface area contributed by atoms with Crippen molar-refractivity contribution >= 4 is 22.9 Å². The molecule has 0 bridgehead atoms. The number of thiocarbonyl (C=S) groups is 1. The summed E-state index contributed by atoms with van der Waals surface area (Å²) >= 11 is 5.11. The van der Waals surface area contributed by atoms with Crippen LogP contribution in [0.25, 0.3) is 0 Å². The highest BCUT2D eigenvalue weighted by atomic mass is 32.1. The minimum Gasteiger partial charge on any atom is -0.497 e. The van der Waals surface area contributed by atoms with E-state index in [1.165, 1.54) is 0 Å². The Kier molecular flexibility index (Phi) is 4.38. The summed E-state index contributed by atoms with van der Waals surface area (Å²) in [6.45, 7) is 3.34. The predicted molar refractivity (Wildman–Crippen MR) is 76.5 cm³/mol. The van der Waals surface area contributed by atoms with Crippen LogP contribution < -0.4 is 15.4 Å². The second kappa shape index (κ2) is 6.02. The fraction of sp³-hybridized carbons (Fsp3) is 0.462. The van der Waals surface area contributed by atoms with Crippen molar-refractivity contribution < 1.29 is 9.47 Å². The summed E-state index contributed by atoms with van der Waals surface area (Å²) in [5, 5.41) is 0. The van der Waals surface area contributed by atoms with Crippen LogP contribution in [-0.2, 0) is 4.74 Å².